The standard InChI is InChI=1S/C14H10Cl3NO2/c15-9-3-8(4-10(16)5-9)7-18-11-1-2-13(17)12(6-11)14(19)20/h1-6,18H,7H2,(H,19,20). The van der Waals surface area contributed by atoms with Crippen LogP contribution in [-0.4, -0.2) is 11.1 Å². The Morgan fingerprint density at radius 2 is 1.70 bits per heavy atom. The summed E-state index contributed by atoms with van der Waals surface area (Å²) in [5, 5.41) is 13.4. The Hall–Kier alpha value is -1.42. The number of benzene rings is 2. The number of hydrogen-bond donors (Lipinski definition) is 2. The van der Waals surface area contributed by atoms with Crippen LogP contribution in [0.5, 0.6) is 0 Å². The highest BCUT2D eigenvalue weighted by molar-refractivity contribution is 6.34. The van der Waals surface area contributed by atoms with E-state index in [1.54, 1.807) is 24.3 Å². The molecule has 2 rings (SSSR count). The maximum absolute atomic E-state index is 11.0. The van der Waals surface area contributed by atoms with Crippen LogP contribution >= 0.6 is 34.8 Å². The SMILES string of the molecule is O=C(O)c1cc(NCc2cc(Cl)cc(Cl)c2)ccc1Cl. The van der Waals surface area contributed by atoms with Gasteiger partial charge in [-0.05, 0) is 42.0 Å². The molecule has 0 radical (unpaired) electrons. The molecular formula is C14H10Cl3NO2. The van der Waals surface area contributed by atoms with Crippen molar-refractivity contribution < 1.29 is 9.90 Å². The normalized spacial score (nSPS) is 10.3. The zero-order chi connectivity index (χ0) is 14.7. The van der Waals surface area contributed by atoms with E-state index in [4.69, 9.17) is 39.9 Å². The molecule has 3 nitrogen and oxygen atoms in total. The number of carboxylic acids is 1. The van der Waals surface area contributed by atoms with Gasteiger partial charge in [-0.2, -0.15) is 0 Å². The predicted octanol–water partition coefficient (Wildman–Crippen LogP) is 4.96. The zero-order valence-electron chi connectivity index (χ0n) is 10.2. The summed E-state index contributed by atoms with van der Waals surface area (Å²) >= 11 is 17.6. The highest BCUT2D eigenvalue weighted by Crippen LogP contribution is 2.23. The summed E-state index contributed by atoms with van der Waals surface area (Å²) in [6, 6.07) is 9.95. The molecule has 104 valence electrons. The van der Waals surface area contributed by atoms with E-state index in [9.17, 15) is 4.79 Å². The van der Waals surface area contributed by atoms with Crippen molar-refractivity contribution in [3.8, 4) is 0 Å². The molecule has 0 spiro atoms. The Labute approximate surface area is 131 Å². The molecular weight excluding hydrogens is 321 g/mol. The molecule has 20 heavy (non-hydrogen) atoms. The molecule has 2 aromatic carbocycles. The number of nitrogens with one attached hydrogen (secondary N) is 1. The Balaban J connectivity index is 2.14. The lowest BCUT2D eigenvalue weighted by Crippen LogP contribution is -2.02. The van der Waals surface area contributed by atoms with Gasteiger partial charge < -0.3 is 10.4 Å². The van der Waals surface area contributed by atoms with E-state index in [0.29, 0.717) is 22.3 Å². The molecule has 0 unspecified atom stereocenters. The van der Waals surface area contributed by atoms with Gasteiger partial charge in [0.25, 0.3) is 0 Å². The average molecular weight is 331 g/mol. The van der Waals surface area contributed by atoms with Crippen molar-refractivity contribution in [3.05, 3.63) is 62.6 Å². The van der Waals surface area contributed by atoms with Gasteiger partial charge in [0.1, 0.15) is 0 Å². The minimum absolute atomic E-state index is 0.0563. The molecule has 0 fully saturated rings. The smallest absolute Gasteiger partial charge is 0.337 e. The number of halogens is 3. The second-order valence-electron chi connectivity index (χ2n) is 4.13. The van der Waals surface area contributed by atoms with Gasteiger partial charge in [-0.1, -0.05) is 34.8 Å². The molecule has 2 aromatic rings. The topological polar surface area (TPSA) is 49.3 Å². The van der Waals surface area contributed by atoms with Gasteiger partial charge in [-0.3, -0.25) is 0 Å². The van der Waals surface area contributed by atoms with E-state index < -0.39 is 5.97 Å². The van der Waals surface area contributed by atoms with Gasteiger partial charge in [-0.25, -0.2) is 4.79 Å². The molecule has 2 N–H and O–H groups in total. The van der Waals surface area contributed by atoms with Gasteiger partial charge in [-0.15, -0.1) is 0 Å². The third kappa shape index (κ3) is 3.79. The molecule has 0 aliphatic carbocycles. The number of anilines is 1. The second-order valence-corrected chi connectivity index (χ2v) is 5.41. The van der Waals surface area contributed by atoms with Crippen molar-refractivity contribution >= 4 is 46.5 Å². The molecule has 0 aromatic heterocycles. The Morgan fingerprint density at radius 3 is 2.30 bits per heavy atom. The van der Waals surface area contributed by atoms with Crippen LogP contribution < -0.4 is 5.32 Å². The number of hydrogen-bond acceptors (Lipinski definition) is 2. The lowest BCUT2D eigenvalue weighted by Gasteiger charge is -2.09. The van der Waals surface area contributed by atoms with Gasteiger partial charge in [0.2, 0.25) is 0 Å². The van der Waals surface area contributed by atoms with Crippen molar-refractivity contribution in [2.75, 3.05) is 5.32 Å². The average Bonchev–Trinajstić information content (AvgIpc) is 2.36. The molecule has 0 amide bonds. The molecule has 0 aliphatic rings. The van der Waals surface area contributed by atoms with Gasteiger partial charge in [0.05, 0.1) is 10.6 Å². The van der Waals surface area contributed by atoms with Crippen LogP contribution in [0, 0.1) is 0 Å². The summed E-state index contributed by atoms with van der Waals surface area (Å²) in [6.45, 7) is 0.473. The minimum Gasteiger partial charge on any atom is -0.478 e. The Kier molecular flexibility index (Phi) is 4.76. The first kappa shape index (κ1) is 15.0. The predicted molar refractivity (Wildman–Crippen MR) is 82.2 cm³/mol. The van der Waals surface area contributed by atoms with Crippen molar-refractivity contribution in [3.63, 3.8) is 0 Å². The number of aromatic carboxylic acids is 1. The van der Waals surface area contributed by atoms with E-state index in [1.165, 1.54) is 12.1 Å². The molecule has 0 atom stereocenters. The summed E-state index contributed by atoms with van der Waals surface area (Å²) in [6.07, 6.45) is 0. The second kappa shape index (κ2) is 6.35. The van der Waals surface area contributed by atoms with E-state index >= 15 is 0 Å². The van der Waals surface area contributed by atoms with Crippen molar-refractivity contribution in [1.82, 2.24) is 0 Å². The summed E-state index contributed by atoms with van der Waals surface area (Å²) in [5.74, 6) is -1.07. The highest BCUT2D eigenvalue weighted by Gasteiger charge is 2.09. The quantitative estimate of drug-likeness (QED) is 0.833. The number of carboxylic acid groups (broad SMARTS) is 1. The van der Waals surface area contributed by atoms with Gasteiger partial charge in [0.15, 0.2) is 0 Å². The first-order valence-electron chi connectivity index (χ1n) is 5.67. The molecule has 0 saturated heterocycles. The van der Waals surface area contributed by atoms with E-state index in [1.807, 2.05) is 0 Å². The number of rotatable bonds is 4. The van der Waals surface area contributed by atoms with Gasteiger partial charge >= 0.3 is 5.97 Å². The Morgan fingerprint density at radius 1 is 1.05 bits per heavy atom. The van der Waals surface area contributed by atoms with Crippen LogP contribution in [0.4, 0.5) is 5.69 Å². The van der Waals surface area contributed by atoms with Gasteiger partial charge in [0, 0.05) is 22.3 Å². The molecule has 0 aliphatic heterocycles. The van der Waals surface area contributed by atoms with Crippen molar-refractivity contribution in [1.29, 1.82) is 0 Å². The third-order valence-corrected chi connectivity index (χ3v) is 3.38. The fraction of sp³-hybridized carbons (Fsp3) is 0.0714. The lowest BCUT2D eigenvalue weighted by atomic mass is 10.2. The minimum atomic E-state index is -1.07. The fourth-order valence-corrected chi connectivity index (χ4v) is 2.49. The number of carbonyl (C=O) groups is 1. The van der Waals surface area contributed by atoms with Crippen LogP contribution in [-0.2, 0) is 6.54 Å². The maximum Gasteiger partial charge on any atom is 0.337 e. The largest absolute Gasteiger partial charge is 0.478 e. The summed E-state index contributed by atoms with van der Waals surface area (Å²) in [5.41, 5.74) is 1.61. The molecule has 0 heterocycles. The first-order chi connectivity index (χ1) is 9.45. The van der Waals surface area contributed by atoms with Crippen LogP contribution in [0.15, 0.2) is 36.4 Å². The maximum atomic E-state index is 11.0. The van der Waals surface area contributed by atoms with Crippen LogP contribution in [0.3, 0.4) is 0 Å². The van der Waals surface area contributed by atoms with Crippen molar-refractivity contribution in [2.24, 2.45) is 0 Å². The van der Waals surface area contributed by atoms with E-state index in [0.717, 1.165) is 5.56 Å². The van der Waals surface area contributed by atoms with Crippen LogP contribution in [0.1, 0.15) is 15.9 Å². The summed E-state index contributed by atoms with van der Waals surface area (Å²) < 4.78 is 0. The van der Waals surface area contributed by atoms with Crippen LogP contribution in [0.2, 0.25) is 15.1 Å². The molecule has 0 bridgehead atoms. The van der Waals surface area contributed by atoms with E-state index in [2.05, 4.69) is 5.32 Å². The Bertz CT molecular complexity index is 639. The summed E-state index contributed by atoms with van der Waals surface area (Å²) in [4.78, 5) is 11.0. The van der Waals surface area contributed by atoms with E-state index in [-0.39, 0.29) is 10.6 Å². The third-order valence-electron chi connectivity index (χ3n) is 2.62. The monoisotopic (exact) mass is 329 g/mol. The van der Waals surface area contributed by atoms with Crippen molar-refractivity contribution in [2.45, 2.75) is 6.54 Å². The molecule has 0 saturated carbocycles. The molecule has 6 heteroatoms. The van der Waals surface area contributed by atoms with Crippen LogP contribution in [0.25, 0.3) is 0 Å². The fourth-order valence-electron chi connectivity index (χ4n) is 1.72. The first-order valence-corrected chi connectivity index (χ1v) is 6.81. The zero-order valence-corrected chi connectivity index (χ0v) is 12.4. The summed E-state index contributed by atoms with van der Waals surface area (Å²) in [7, 11) is 0. The highest BCUT2D eigenvalue weighted by atomic mass is 35.5. The lowest BCUT2D eigenvalue weighted by molar-refractivity contribution is 0.0697.